The molecular weight excluding hydrogens is 254 g/mol. The summed E-state index contributed by atoms with van der Waals surface area (Å²) in [6.45, 7) is 1.47. The zero-order chi connectivity index (χ0) is 14.4. The van der Waals surface area contributed by atoms with E-state index in [4.69, 9.17) is 5.11 Å². The lowest BCUT2D eigenvalue weighted by atomic mass is 9.89. The van der Waals surface area contributed by atoms with Crippen LogP contribution >= 0.6 is 0 Å². The Morgan fingerprint density at radius 3 is 2.50 bits per heavy atom. The number of carboxylic acid groups (broad SMARTS) is 1. The van der Waals surface area contributed by atoms with Crippen LogP contribution in [0.15, 0.2) is 30.3 Å². The Balaban J connectivity index is 2.06. The van der Waals surface area contributed by atoms with Crippen LogP contribution in [-0.4, -0.2) is 46.8 Å². The summed E-state index contributed by atoms with van der Waals surface area (Å²) in [5, 5.41) is 18.5. The molecule has 0 heterocycles. The molecule has 0 aliphatic heterocycles. The van der Waals surface area contributed by atoms with Crippen molar-refractivity contribution in [2.24, 2.45) is 0 Å². The third-order valence-corrected chi connectivity index (χ3v) is 4.11. The quantitative estimate of drug-likeness (QED) is 0.764. The standard InChI is InChI=1S/C16H23NO3/c18-11-5-10-17(14-8-4-9-14)12-15(16(19)20)13-6-2-1-3-7-13/h1-3,6-7,14-15,18H,4-5,8-12H2,(H,19,20). The van der Waals surface area contributed by atoms with Gasteiger partial charge in [0.05, 0.1) is 5.92 Å². The predicted molar refractivity (Wildman–Crippen MR) is 77.7 cm³/mol. The smallest absolute Gasteiger partial charge is 0.312 e. The van der Waals surface area contributed by atoms with E-state index in [2.05, 4.69) is 4.90 Å². The molecule has 0 bridgehead atoms. The molecule has 1 fully saturated rings. The Labute approximate surface area is 120 Å². The molecule has 1 saturated carbocycles. The third kappa shape index (κ3) is 3.81. The van der Waals surface area contributed by atoms with Crippen molar-refractivity contribution in [2.75, 3.05) is 19.7 Å². The van der Waals surface area contributed by atoms with E-state index in [0.29, 0.717) is 19.0 Å². The number of aliphatic hydroxyl groups excluding tert-OH is 1. The molecule has 0 saturated heterocycles. The second-order valence-electron chi connectivity index (χ2n) is 5.46. The van der Waals surface area contributed by atoms with Gasteiger partial charge in [0, 0.05) is 25.7 Å². The highest BCUT2D eigenvalue weighted by atomic mass is 16.4. The summed E-state index contributed by atoms with van der Waals surface area (Å²) in [6, 6.07) is 9.91. The maximum atomic E-state index is 11.6. The molecule has 110 valence electrons. The van der Waals surface area contributed by atoms with E-state index < -0.39 is 11.9 Å². The predicted octanol–water partition coefficient (Wildman–Crippen LogP) is 2.09. The van der Waals surface area contributed by atoms with Crippen molar-refractivity contribution in [2.45, 2.75) is 37.6 Å². The first kappa shape index (κ1) is 15.0. The maximum Gasteiger partial charge on any atom is 0.312 e. The fraction of sp³-hybridized carbons (Fsp3) is 0.562. The number of aliphatic hydroxyl groups is 1. The van der Waals surface area contributed by atoms with E-state index in [-0.39, 0.29) is 6.61 Å². The van der Waals surface area contributed by atoms with Gasteiger partial charge in [-0.25, -0.2) is 0 Å². The highest BCUT2D eigenvalue weighted by molar-refractivity contribution is 5.76. The Bertz CT molecular complexity index is 417. The largest absolute Gasteiger partial charge is 0.481 e. The molecule has 0 aromatic heterocycles. The molecule has 1 aliphatic rings. The van der Waals surface area contributed by atoms with Gasteiger partial charge < -0.3 is 10.2 Å². The van der Waals surface area contributed by atoms with Crippen LogP contribution in [-0.2, 0) is 4.79 Å². The molecule has 0 radical (unpaired) electrons. The summed E-state index contributed by atoms with van der Waals surface area (Å²) in [5.74, 6) is -1.26. The normalized spacial score (nSPS) is 16.9. The van der Waals surface area contributed by atoms with Crippen LogP contribution in [0.4, 0.5) is 0 Å². The molecule has 4 nitrogen and oxygen atoms in total. The van der Waals surface area contributed by atoms with Crippen molar-refractivity contribution in [3.05, 3.63) is 35.9 Å². The van der Waals surface area contributed by atoms with E-state index in [1.807, 2.05) is 30.3 Å². The first-order chi connectivity index (χ1) is 9.72. The van der Waals surface area contributed by atoms with Gasteiger partial charge in [-0.05, 0) is 24.8 Å². The molecule has 2 N–H and O–H groups in total. The minimum atomic E-state index is -0.774. The number of aliphatic carboxylic acids is 1. The zero-order valence-electron chi connectivity index (χ0n) is 11.7. The van der Waals surface area contributed by atoms with Crippen LogP contribution in [0.5, 0.6) is 0 Å². The Morgan fingerprint density at radius 1 is 1.30 bits per heavy atom. The average molecular weight is 277 g/mol. The van der Waals surface area contributed by atoms with Gasteiger partial charge in [0.1, 0.15) is 0 Å². The van der Waals surface area contributed by atoms with E-state index >= 15 is 0 Å². The second-order valence-corrected chi connectivity index (χ2v) is 5.46. The lowest BCUT2D eigenvalue weighted by molar-refractivity contribution is -0.139. The fourth-order valence-electron chi connectivity index (χ4n) is 2.69. The minimum absolute atomic E-state index is 0.159. The van der Waals surface area contributed by atoms with Crippen molar-refractivity contribution >= 4 is 5.97 Å². The van der Waals surface area contributed by atoms with Gasteiger partial charge >= 0.3 is 5.97 Å². The van der Waals surface area contributed by atoms with Gasteiger partial charge in [-0.2, -0.15) is 0 Å². The lowest BCUT2D eigenvalue weighted by Crippen LogP contribution is -2.44. The average Bonchev–Trinajstić information content (AvgIpc) is 2.40. The topological polar surface area (TPSA) is 60.8 Å². The van der Waals surface area contributed by atoms with Crippen LogP contribution in [0.1, 0.15) is 37.2 Å². The summed E-state index contributed by atoms with van der Waals surface area (Å²) >= 11 is 0. The zero-order valence-corrected chi connectivity index (χ0v) is 11.7. The van der Waals surface area contributed by atoms with Crippen molar-refractivity contribution in [1.29, 1.82) is 0 Å². The molecular formula is C16H23NO3. The number of hydrogen-bond acceptors (Lipinski definition) is 3. The SMILES string of the molecule is O=C(O)C(CN(CCCO)C1CCC1)c1ccccc1. The highest BCUT2D eigenvalue weighted by Gasteiger charge is 2.29. The first-order valence-electron chi connectivity index (χ1n) is 7.35. The van der Waals surface area contributed by atoms with E-state index in [0.717, 1.165) is 24.9 Å². The molecule has 1 atom stereocenters. The van der Waals surface area contributed by atoms with Crippen LogP contribution in [0.2, 0.25) is 0 Å². The second kappa shape index (κ2) is 7.41. The van der Waals surface area contributed by atoms with Crippen molar-refractivity contribution < 1.29 is 15.0 Å². The molecule has 1 aliphatic carbocycles. The number of benzene rings is 1. The number of carboxylic acids is 1. The molecule has 0 amide bonds. The summed E-state index contributed by atoms with van der Waals surface area (Å²) in [5.41, 5.74) is 0.855. The van der Waals surface area contributed by atoms with Gasteiger partial charge in [0.2, 0.25) is 0 Å². The molecule has 1 aromatic rings. The van der Waals surface area contributed by atoms with E-state index in [9.17, 15) is 9.90 Å². The molecule has 0 spiro atoms. The highest BCUT2D eigenvalue weighted by Crippen LogP contribution is 2.28. The Kier molecular flexibility index (Phi) is 5.56. The molecule has 2 rings (SSSR count). The van der Waals surface area contributed by atoms with Crippen LogP contribution < -0.4 is 0 Å². The number of hydrogen-bond donors (Lipinski definition) is 2. The van der Waals surface area contributed by atoms with Crippen molar-refractivity contribution in [1.82, 2.24) is 4.90 Å². The van der Waals surface area contributed by atoms with Crippen LogP contribution in [0.25, 0.3) is 0 Å². The van der Waals surface area contributed by atoms with Gasteiger partial charge in [0.25, 0.3) is 0 Å². The minimum Gasteiger partial charge on any atom is -0.481 e. The summed E-state index contributed by atoms with van der Waals surface area (Å²) in [7, 11) is 0. The Morgan fingerprint density at radius 2 is 2.00 bits per heavy atom. The van der Waals surface area contributed by atoms with Crippen molar-refractivity contribution in [3.8, 4) is 0 Å². The number of rotatable bonds is 8. The van der Waals surface area contributed by atoms with Gasteiger partial charge in [-0.15, -0.1) is 0 Å². The van der Waals surface area contributed by atoms with Crippen molar-refractivity contribution in [3.63, 3.8) is 0 Å². The summed E-state index contributed by atoms with van der Waals surface area (Å²) in [6.07, 6.45) is 4.22. The lowest BCUT2D eigenvalue weighted by Gasteiger charge is -2.39. The van der Waals surface area contributed by atoms with E-state index in [1.54, 1.807) is 0 Å². The first-order valence-corrected chi connectivity index (χ1v) is 7.35. The molecule has 1 aromatic carbocycles. The summed E-state index contributed by atoms with van der Waals surface area (Å²) in [4.78, 5) is 13.8. The summed E-state index contributed by atoms with van der Waals surface area (Å²) < 4.78 is 0. The number of carbonyl (C=O) groups is 1. The number of nitrogens with zero attached hydrogens (tertiary/aromatic N) is 1. The van der Waals surface area contributed by atoms with Crippen LogP contribution in [0.3, 0.4) is 0 Å². The van der Waals surface area contributed by atoms with E-state index in [1.165, 1.54) is 6.42 Å². The molecule has 4 heteroatoms. The third-order valence-electron chi connectivity index (χ3n) is 4.11. The van der Waals surface area contributed by atoms with Crippen LogP contribution in [0, 0.1) is 0 Å². The monoisotopic (exact) mass is 277 g/mol. The molecule has 20 heavy (non-hydrogen) atoms. The van der Waals surface area contributed by atoms with Gasteiger partial charge in [0.15, 0.2) is 0 Å². The van der Waals surface area contributed by atoms with Gasteiger partial charge in [-0.1, -0.05) is 36.8 Å². The Hall–Kier alpha value is -1.39. The fourth-order valence-corrected chi connectivity index (χ4v) is 2.69. The van der Waals surface area contributed by atoms with Gasteiger partial charge in [-0.3, -0.25) is 9.69 Å². The maximum absolute atomic E-state index is 11.6. The molecule has 1 unspecified atom stereocenters.